The van der Waals surface area contributed by atoms with Crippen molar-refractivity contribution in [1.82, 2.24) is 20.2 Å². The van der Waals surface area contributed by atoms with Crippen molar-refractivity contribution in [3.8, 4) is 21.1 Å². The second kappa shape index (κ2) is 6.88. The van der Waals surface area contributed by atoms with Crippen molar-refractivity contribution in [1.29, 1.82) is 0 Å². The van der Waals surface area contributed by atoms with Crippen molar-refractivity contribution in [3.63, 3.8) is 0 Å². The quantitative estimate of drug-likeness (QED) is 0.261. The summed E-state index contributed by atoms with van der Waals surface area (Å²) in [5, 5.41) is 13.1. The summed E-state index contributed by atoms with van der Waals surface area (Å²) in [5.74, 6) is 0. The summed E-state index contributed by atoms with van der Waals surface area (Å²) < 4.78 is 2.39. The fourth-order valence-corrected chi connectivity index (χ4v) is 5.97. The lowest BCUT2D eigenvalue weighted by molar-refractivity contribution is 1.12. The van der Waals surface area contributed by atoms with E-state index in [4.69, 9.17) is 9.97 Å². The number of hydrogen-bond donors (Lipinski definition) is 0. The molecule has 7 aromatic rings. The van der Waals surface area contributed by atoms with Gasteiger partial charge in [0.15, 0.2) is 0 Å². The third kappa shape index (κ3) is 2.81. The first-order valence-electron chi connectivity index (χ1n) is 10.2. The molecule has 0 N–H and O–H groups in total. The van der Waals surface area contributed by atoms with E-state index in [1.165, 1.54) is 9.40 Å². The first-order chi connectivity index (χ1) is 15.8. The molecule has 32 heavy (non-hydrogen) atoms. The first kappa shape index (κ1) is 17.9. The first-order valence-corrected chi connectivity index (χ1v) is 11.9. The zero-order valence-corrected chi connectivity index (χ0v) is 18.3. The Balaban J connectivity index is 1.43. The average Bonchev–Trinajstić information content (AvgIpc) is 3.48. The number of nitrogens with zero attached hydrogens (tertiary/aromatic N) is 4. The molecule has 0 aliphatic carbocycles. The Kier molecular flexibility index (Phi) is 3.85. The van der Waals surface area contributed by atoms with Crippen molar-refractivity contribution < 1.29 is 0 Å². The summed E-state index contributed by atoms with van der Waals surface area (Å²) in [7, 11) is 0. The van der Waals surface area contributed by atoms with Crippen LogP contribution in [0.25, 0.3) is 63.4 Å². The molecule has 3 heterocycles. The van der Waals surface area contributed by atoms with Gasteiger partial charge in [-0.2, -0.15) is 0 Å². The number of aromatic nitrogens is 4. The molecular formula is C26H14N4S2. The van der Waals surface area contributed by atoms with Crippen LogP contribution in [-0.4, -0.2) is 20.2 Å². The highest BCUT2D eigenvalue weighted by Gasteiger charge is 2.12. The molecule has 0 spiro atoms. The van der Waals surface area contributed by atoms with Crippen LogP contribution in [-0.2, 0) is 0 Å². The van der Waals surface area contributed by atoms with E-state index in [-0.39, 0.29) is 0 Å². The largest absolute Gasteiger partial charge is 0.236 e. The van der Waals surface area contributed by atoms with Crippen LogP contribution in [0.2, 0.25) is 0 Å². The number of para-hydroxylation sites is 2. The lowest BCUT2D eigenvalue weighted by Gasteiger charge is -2.06. The van der Waals surface area contributed by atoms with Crippen LogP contribution in [0.15, 0.2) is 84.9 Å². The summed E-state index contributed by atoms with van der Waals surface area (Å²) in [6.07, 6.45) is 0. The molecule has 0 saturated carbocycles. The minimum absolute atomic E-state index is 0.879. The van der Waals surface area contributed by atoms with E-state index in [0.29, 0.717) is 0 Å². The molecule has 150 valence electrons. The third-order valence-electron chi connectivity index (χ3n) is 5.63. The van der Waals surface area contributed by atoms with Gasteiger partial charge < -0.3 is 0 Å². The Labute approximate surface area is 190 Å². The number of thiazole rings is 2. The molecule has 4 nitrogen and oxygen atoms in total. The maximum Gasteiger partial charge on any atom is 0.124 e. The SMILES string of the molecule is c1ccc2sc(-c3ccc4nnc5ccc(-c6nc7ccccc7s6)cc5c4c3)nc2c1. The predicted molar refractivity (Wildman–Crippen MR) is 134 cm³/mol. The molecule has 0 amide bonds. The summed E-state index contributed by atoms with van der Waals surface area (Å²) in [5.41, 5.74) is 6.01. The van der Waals surface area contributed by atoms with Gasteiger partial charge in [-0.25, -0.2) is 9.97 Å². The Morgan fingerprint density at radius 1 is 0.469 bits per heavy atom. The monoisotopic (exact) mass is 446 g/mol. The van der Waals surface area contributed by atoms with Gasteiger partial charge in [0.1, 0.15) is 10.0 Å². The van der Waals surface area contributed by atoms with Crippen molar-refractivity contribution >= 4 is 64.9 Å². The molecule has 0 saturated heterocycles. The van der Waals surface area contributed by atoms with E-state index in [9.17, 15) is 0 Å². The fraction of sp³-hybridized carbons (Fsp3) is 0. The van der Waals surface area contributed by atoms with Crippen LogP contribution in [0.1, 0.15) is 0 Å². The van der Waals surface area contributed by atoms with E-state index in [1.54, 1.807) is 22.7 Å². The lowest BCUT2D eigenvalue weighted by atomic mass is 10.0. The van der Waals surface area contributed by atoms with Crippen LogP contribution in [0.4, 0.5) is 0 Å². The summed E-state index contributed by atoms with van der Waals surface area (Å²) in [6, 6.07) is 29.1. The van der Waals surface area contributed by atoms with Gasteiger partial charge in [0.25, 0.3) is 0 Å². The number of benzene rings is 4. The minimum atomic E-state index is 0.879. The van der Waals surface area contributed by atoms with Gasteiger partial charge in [0.05, 0.1) is 31.5 Å². The van der Waals surface area contributed by atoms with Crippen molar-refractivity contribution in [2.45, 2.75) is 0 Å². The van der Waals surface area contributed by atoms with E-state index in [0.717, 1.165) is 54.0 Å². The van der Waals surface area contributed by atoms with Crippen molar-refractivity contribution in [2.24, 2.45) is 0 Å². The van der Waals surface area contributed by atoms with Crippen molar-refractivity contribution in [2.75, 3.05) is 0 Å². The predicted octanol–water partition coefficient (Wildman–Crippen LogP) is 7.34. The normalized spacial score (nSPS) is 11.8. The average molecular weight is 447 g/mol. The van der Waals surface area contributed by atoms with Crippen LogP contribution in [0.3, 0.4) is 0 Å². The summed E-state index contributed by atoms with van der Waals surface area (Å²) in [6.45, 7) is 0. The molecule has 6 heteroatoms. The molecule has 7 rings (SSSR count). The van der Waals surface area contributed by atoms with Crippen LogP contribution in [0, 0.1) is 0 Å². The minimum Gasteiger partial charge on any atom is -0.236 e. The lowest BCUT2D eigenvalue weighted by Crippen LogP contribution is -1.89. The third-order valence-corrected chi connectivity index (χ3v) is 7.80. The summed E-state index contributed by atoms with van der Waals surface area (Å²) in [4.78, 5) is 9.67. The Hall–Kier alpha value is -3.74. The highest BCUT2D eigenvalue weighted by atomic mass is 32.1. The van der Waals surface area contributed by atoms with Gasteiger partial charge in [-0.05, 0) is 60.7 Å². The Morgan fingerprint density at radius 2 is 0.938 bits per heavy atom. The van der Waals surface area contributed by atoms with Gasteiger partial charge in [0, 0.05) is 21.9 Å². The zero-order valence-electron chi connectivity index (χ0n) is 16.7. The Morgan fingerprint density at radius 3 is 1.41 bits per heavy atom. The molecule has 0 radical (unpaired) electrons. The second-order valence-electron chi connectivity index (χ2n) is 7.64. The van der Waals surface area contributed by atoms with E-state index in [2.05, 4.69) is 70.9 Å². The smallest absolute Gasteiger partial charge is 0.124 e. The number of fused-ring (bicyclic) bond motifs is 5. The van der Waals surface area contributed by atoms with Gasteiger partial charge in [-0.3, -0.25) is 0 Å². The molecule has 4 aromatic carbocycles. The van der Waals surface area contributed by atoms with Crippen LogP contribution in [0.5, 0.6) is 0 Å². The van der Waals surface area contributed by atoms with E-state index in [1.807, 2.05) is 24.3 Å². The van der Waals surface area contributed by atoms with E-state index < -0.39 is 0 Å². The maximum absolute atomic E-state index is 4.83. The van der Waals surface area contributed by atoms with Gasteiger partial charge in [-0.1, -0.05) is 24.3 Å². The number of rotatable bonds is 2. The molecule has 3 aromatic heterocycles. The molecule has 0 unspecified atom stereocenters. The molecule has 0 bridgehead atoms. The van der Waals surface area contributed by atoms with Crippen LogP contribution < -0.4 is 0 Å². The zero-order chi connectivity index (χ0) is 21.1. The van der Waals surface area contributed by atoms with Crippen LogP contribution >= 0.6 is 22.7 Å². The molecular weight excluding hydrogens is 432 g/mol. The highest BCUT2D eigenvalue weighted by Crippen LogP contribution is 2.35. The molecule has 0 fully saturated rings. The Bertz CT molecular complexity index is 1600. The second-order valence-corrected chi connectivity index (χ2v) is 9.70. The highest BCUT2D eigenvalue weighted by molar-refractivity contribution is 7.22. The summed E-state index contributed by atoms with van der Waals surface area (Å²) >= 11 is 3.42. The molecule has 0 atom stereocenters. The standard InChI is InChI=1S/C26H14N4S2/c1-3-7-23-21(5-1)27-25(31-23)15-9-11-19-17(13-15)18-14-16(10-12-20(18)30-29-19)26-28-22-6-2-4-8-24(22)32-26/h1-14H. The molecule has 0 aliphatic heterocycles. The van der Waals surface area contributed by atoms with Crippen molar-refractivity contribution in [3.05, 3.63) is 84.9 Å². The number of hydrogen-bond acceptors (Lipinski definition) is 6. The van der Waals surface area contributed by atoms with Gasteiger partial charge >= 0.3 is 0 Å². The van der Waals surface area contributed by atoms with Gasteiger partial charge in [-0.15, -0.1) is 32.9 Å². The topological polar surface area (TPSA) is 51.6 Å². The molecule has 0 aliphatic rings. The van der Waals surface area contributed by atoms with Gasteiger partial charge in [0.2, 0.25) is 0 Å². The fourth-order valence-electron chi connectivity index (χ4n) is 4.04. The van der Waals surface area contributed by atoms with E-state index >= 15 is 0 Å². The maximum atomic E-state index is 4.83.